The van der Waals surface area contributed by atoms with Gasteiger partial charge in [-0.15, -0.1) is 0 Å². The van der Waals surface area contributed by atoms with Crippen LogP contribution in [0, 0.1) is 0 Å². The Morgan fingerprint density at radius 2 is 1.82 bits per heavy atom. The number of para-hydroxylation sites is 1. The maximum absolute atomic E-state index is 5.98. The summed E-state index contributed by atoms with van der Waals surface area (Å²) in [6.45, 7) is 4.61. The lowest BCUT2D eigenvalue weighted by Gasteiger charge is -2.04. The summed E-state index contributed by atoms with van der Waals surface area (Å²) in [5, 5.41) is 7.44. The van der Waals surface area contributed by atoms with Gasteiger partial charge in [-0.25, -0.2) is 9.88 Å². The number of anilines is 2. The van der Waals surface area contributed by atoms with E-state index in [0.29, 0.717) is 0 Å². The van der Waals surface area contributed by atoms with Crippen molar-refractivity contribution < 1.29 is 4.57 Å². The monoisotopic (exact) mass is 327 g/mol. The van der Waals surface area contributed by atoms with Crippen molar-refractivity contribution in [1.82, 2.24) is 0 Å². The Balaban J connectivity index is 1.98. The van der Waals surface area contributed by atoms with Crippen molar-refractivity contribution >= 4 is 33.8 Å². The van der Waals surface area contributed by atoms with Gasteiger partial charge in [-0.1, -0.05) is 53.8 Å². The second kappa shape index (κ2) is 6.77. The number of nitrogens with zero attached hydrogens (tertiary/aromatic N) is 1. The molecule has 22 heavy (non-hydrogen) atoms. The molecule has 0 atom stereocenters. The molecule has 4 heteroatoms. The molecule has 3 aromatic rings. The molecule has 0 aliphatic rings. The smallest absolute Gasteiger partial charge is 0.231 e. The van der Waals surface area contributed by atoms with E-state index < -0.39 is 0 Å². The van der Waals surface area contributed by atoms with Gasteiger partial charge in [0.15, 0.2) is 0 Å². The zero-order valence-electron chi connectivity index (χ0n) is 12.0. The number of halogens is 1. The minimum absolute atomic E-state index is 0.747. The Labute approximate surface area is 139 Å². The minimum Gasteiger partial charge on any atom is -0.231 e. The van der Waals surface area contributed by atoms with Gasteiger partial charge < -0.3 is 0 Å². The van der Waals surface area contributed by atoms with Gasteiger partial charge in [-0.05, 0) is 36.4 Å². The highest BCUT2D eigenvalue weighted by atomic mass is 35.5. The van der Waals surface area contributed by atoms with Gasteiger partial charge in [0.1, 0.15) is 17.9 Å². The van der Waals surface area contributed by atoms with Crippen LogP contribution < -0.4 is 9.88 Å². The van der Waals surface area contributed by atoms with Crippen LogP contribution in [0.15, 0.2) is 72.6 Å². The van der Waals surface area contributed by atoms with Crippen molar-refractivity contribution in [2.75, 3.05) is 5.32 Å². The van der Waals surface area contributed by atoms with Gasteiger partial charge >= 0.3 is 5.13 Å². The van der Waals surface area contributed by atoms with Gasteiger partial charge in [0.2, 0.25) is 0 Å². The summed E-state index contributed by atoms with van der Waals surface area (Å²) in [5.41, 5.74) is 3.37. The number of hydrogen-bond acceptors (Lipinski definition) is 2. The lowest BCUT2D eigenvalue weighted by molar-refractivity contribution is -0.657. The van der Waals surface area contributed by atoms with Crippen molar-refractivity contribution in [2.24, 2.45) is 0 Å². The third-order valence-corrected chi connectivity index (χ3v) is 4.43. The molecule has 0 fully saturated rings. The molecule has 2 aromatic carbocycles. The zero-order valence-corrected chi connectivity index (χ0v) is 13.6. The molecule has 110 valence electrons. The van der Waals surface area contributed by atoms with Crippen LogP contribution in [0.2, 0.25) is 5.02 Å². The first-order valence-electron chi connectivity index (χ1n) is 6.98. The lowest BCUT2D eigenvalue weighted by Crippen LogP contribution is -2.35. The second-order valence-corrected chi connectivity index (χ2v) is 6.12. The van der Waals surface area contributed by atoms with Crippen LogP contribution in [-0.4, -0.2) is 0 Å². The lowest BCUT2D eigenvalue weighted by atomic mass is 10.2. The van der Waals surface area contributed by atoms with E-state index in [1.54, 1.807) is 11.3 Å². The highest BCUT2D eigenvalue weighted by Gasteiger charge is 2.18. The molecule has 1 N–H and O–H groups in total. The molecule has 2 nitrogen and oxygen atoms in total. The quantitative estimate of drug-likeness (QED) is 0.497. The summed E-state index contributed by atoms with van der Waals surface area (Å²) in [5.74, 6) is 0. The fraction of sp³-hybridized carbons (Fsp3) is 0.0556. The standard InChI is InChI=1S/C18H15ClN2S/c1-2-12-21-17(14-8-10-15(19)11-9-14)13-22-18(21)20-16-6-4-3-5-7-16/h2-11,13H,1,12H2/p+1. The van der Waals surface area contributed by atoms with Crippen molar-refractivity contribution in [3.8, 4) is 11.3 Å². The first kappa shape index (κ1) is 14.8. The average molecular weight is 328 g/mol. The summed E-state index contributed by atoms with van der Waals surface area (Å²) < 4.78 is 2.22. The SMILES string of the molecule is C=CC[n+]1c(-c2ccc(Cl)cc2)csc1Nc1ccccc1. The Kier molecular flexibility index (Phi) is 4.56. The number of benzene rings is 2. The molecular weight excluding hydrogens is 312 g/mol. The molecular formula is C18H16ClN2S+. The van der Waals surface area contributed by atoms with E-state index in [1.165, 1.54) is 0 Å². The number of hydrogen-bond donors (Lipinski definition) is 1. The Morgan fingerprint density at radius 1 is 1.09 bits per heavy atom. The van der Waals surface area contributed by atoms with Gasteiger partial charge in [-0.2, -0.15) is 0 Å². The van der Waals surface area contributed by atoms with E-state index >= 15 is 0 Å². The molecule has 0 saturated heterocycles. The second-order valence-electron chi connectivity index (χ2n) is 4.82. The van der Waals surface area contributed by atoms with Crippen molar-refractivity contribution in [2.45, 2.75) is 6.54 Å². The van der Waals surface area contributed by atoms with Crippen LogP contribution in [0.5, 0.6) is 0 Å². The largest absolute Gasteiger partial charge is 0.339 e. The van der Waals surface area contributed by atoms with Crippen LogP contribution in [0.3, 0.4) is 0 Å². The third-order valence-electron chi connectivity index (χ3n) is 3.29. The molecule has 0 spiro atoms. The Bertz CT molecular complexity index is 764. The van der Waals surface area contributed by atoms with Crippen LogP contribution in [0.1, 0.15) is 0 Å². The van der Waals surface area contributed by atoms with Crippen LogP contribution in [0.25, 0.3) is 11.3 Å². The van der Waals surface area contributed by atoms with E-state index in [4.69, 9.17) is 11.6 Å². The molecule has 3 rings (SSSR count). The van der Waals surface area contributed by atoms with Crippen molar-refractivity contribution in [1.29, 1.82) is 0 Å². The zero-order chi connectivity index (χ0) is 15.4. The highest BCUT2D eigenvalue weighted by Crippen LogP contribution is 2.26. The Hall–Kier alpha value is -2.10. The number of allylic oxidation sites excluding steroid dienone is 1. The summed E-state index contributed by atoms with van der Waals surface area (Å²) in [6, 6.07) is 18.1. The molecule has 0 amide bonds. The van der Waals surface area contributed by atoms with Gasteiger partial charge in [0.25, 0.3) is 0 Å². The van der Waals surface area contributed by atoms with E-state index in [9.17, 15) is 0 Å². The third kappa shape index (κ3) is 3.21. The topological polar surface area (TPSA) is 15.9 Å². The van der Waals surface area contributed by atoms with E-state index in [-0.39, 0.29) is 0 Å². The number of thiazole rings is 1. The Morgan fingerprint density at radius 3 is 2.50 bits per heavy atom. The maximum atomic E-state index is 5.98. The molecule has 1 heterocycles. The summed E-state index contributed by atoms with van der Waals surface area (Å²) in [7, 11) is 0. The predicted molar refractivity (Wildman–Crippen MR) is 94.9 cm³/mol. The van der Waals surface area contributed by atoms with Gasteiger partial charge in [0, 0.05) is 16.0 Å². The number of nitrogens with one attached hydrogen (secondary N) is 1. The molecule has 1 aromatic heterocycles. The number of aromatic nitrogens is 1. The first-order chi connectivity index (χ1) is 10.8. The highest BCUT2D eigenvalue weighted by molar-refractivity contribution is 7.13. The molecule has 0 bridgehead atoms. The van der Waals surface area contributed by atoms with Gasteiger partial charge in [0.05, 0.1) is 0 Å². The molecule has 0 unspecified atom stereocenters. The summed E-state index contributed by atoms with van der Waals surface area (Å²) in [4.78, 5) is 0. The summed E-state index contributed by atoms with van der Waals surface area (Å²) in [6.07, 6.45) is 1.91. The predicted octanol–water partition coefficient (Wildman–Crippen LogP) is 5.29. The van der Waals surface area contributed by atoms with Crippen molar-refractivity contribution in [3.63, 3.8) is 0 Å². The first-order valence-corrected chi connectivity index (χ1v) is 8.24. The van der Waals surface area contributed by atoms with E-state index in [1.807, 2.05) is 48.5 Å². The minimum atomic E-state index is 0.747. The maximum Gasteiger partial charge on any atom is 0.339 e. The normalized spacial score (nSPS) is 10.4. The van der Waals surface area contributed by atoms with E-state index in [0.717, 1.165) is 33.6 Å². The number of rotatable bonds is 5. The average Bonchev–Trinajstić information content (AvgIpc) is 2.92. The molecule has 0 aliphatic carbocycles. The van der Waals surface area contributed by atoms with Crippen molar-refractivity contribution in [3.05, 3.63) is 77.7 Å². The van der Waals surface area contributed by atoms with E-state index in [2.05, 4.69) is 34.0 Å². The van der Waals surface area contributed by atoms with Gasteiger partial charge in [-0.3, -0.25) is 0 Å². The van der Waals surface area contributed by atoms with Crippen LogP contribution >= 0.6 is 22.9 Å². The fourth-order valence-corrected chi connectivity index (χ4v) is 3.33. The molecule has 0 saturated carbocycles. The molecule has 0 aliphatic heterocycles. The van der Waals surface area contributed by atoms with Crippen LogP contribution in [-0.2, 0) is 6.54 Å². The molecule has 0 radical (unpaired) electrons. The summed E-state index contributed by atoms with van der Waals surface area (Å²) >= 11 is 7.66. The van der Waals surface area contributed by atoms with Crippen LogP contribution in [0.4, 0.5) is 10.8 Å². The fourth-order valence-electron chi connectivity index (χ4n) is 2.25.